The molecule has 0 bridgehead atoms. The molecule has 0 amide bonds. The topological polar surface area (TPSA) is 61.9 Å². The van der Waals surface area contributed by atoms with Crippen LogP contribution in [0.3, 0.4) is 0 Å². The van der Waals surface area contributed by atoms with E-state index in [1.54, 1.807) is 0 Å². The lowest BCUT2D eigenvalue weighted by Gasteiger charge is -2.04. The molecule has 1 aromatic rings. The van der Waals surface area contributed by atoms with Gasteiger partial charge in [0.25, 0.3) is 0 Å². The van der Waals surface area contributed by atoms with Gasteiger partial charge in [0, 0.05) is 5.69 Å². The van der Waals surface area contributed by atoms with Crippen LogP contribution in [-0.4, -0.2) is 5.96 Å². The quantitative estimate of drug-likeness (QED) is 0.474. The molecule has 0 unspecified atom stereocenters. The highest BCUT2D eigenvalue weighted by Crippen LogP contribution is 2.40. The van der Waals surface area contributed by atoms with Crippen LogP contribution in [0.5, 0.6) is 0 Å². The Kier molecular flexibility index (Phi) is 1.93. The normalized spacial score (nSPS) is 15.4. The minimum atomic E-state index is -0.0147. The van der Waals surface area contributed by atoms with E-state index in [2.05, 4.69) is 17.4 Å². The third-order valence-electron chi connectivity index (χ3n) is 2.24. The van der Waals surface area contributed by atoms with E-state index in [-0.39, 0.29) is 5.96 Å². The van der Waals surface area contributed by atoms with Crippen LogP contribution in [0, 0.1) is 5.41 Å². The van der Waals surface area contributed by atoms with Crippen LogP contribution in [0.1, 0.15) is 24.3 Å². The molecule has 13 heavy (non-hydrogen) atoms. The van der Waals surface area contributed by atoms with Crippen molar-refractivity contribution in [2.24, 2.45) is 5.73 Å². The SMILES string of the molecule is N=C(N)Nc1ccc(C2CC2)cc1. The van der Waals surface area contributed by atoms with Crippen molar-refractivity contribution in [3.05, 3.63) is 29.8 Å². The van der Waals surface area contributed by atoms with Crippen LogP contribution in [0.15, 0.2) is 24.3 Å². The van der Waals surface area contributed by atoms with Gasteiger partial charge in [0.05, 0.1) is 0 Å². The highest BCUT2D eigenvalue weighted by molar-refractivity contribution is 5.89. The lowest BCUT2D eigenvalue weighted by atomic mass is 10.1. The van der Waals surface area contributed by atoms with Crippen molar-refractivity contribution in [1.82, 2.24) is 0 Å². The summed E-state index contributed by atoms with van der Waals surface area (Å²) in [5, 5.41) is 9.80. The molecule has 0 atom stereocenters. The second-order valence-electron chi connectivity index (χ2n) is 3.43. The van der Waals surface area contributed by atoms with E-state index in [1.165, 1.54) is 18.4 Å². The van der Waals surface area contributed by atoms with E-state index in [4.69, 9.17) is 11.1 Å². The molecule has 1 fully saturated rings. The van der Waals surface area contributed by atoms with Gasteiger partial charge in [-0.1, -0.05) is 12.1 Å². The van der Waals surface area contributed by atoms with Gasteiger partial charge in [-0.05, 0) is 36.5 Å². The Labute approximate surface area is 77.5 Å². The molecule has 4 N–H and O–H groups in total. The fourth-order valence-corrected chi connectivity index (χ4v) is 1.41. The zero-order chi connectivity index (χ0) is 9.26. The third-order valence-corrected chi connectivity index (χ3v) is 2.24. The minimum absolute atomic E-state index is 0.0147. The van der Waals surface area contributed by atoms with E-state index in [0.29, 0.717) is 0 Å². The Morgan fingerprint density at radius 2 is 1.92 bits per heavy atom. The number of nitrogens with one attached hydrogen (secondary N) is 2. The van der Waals surface area contributed by atoms with Gasteiger partial charge in [0.2, 0.25) is 0 Å². The Bertz CT molecular complexity index is 311. The molecule has 3 nitrogen and oxygen atoms in total. The van der Waals surface area contributed by atoms with E-state index in [9.17, 15) is 0 Å². The maximum Gasteiger partial charge on any atom is 0.190 e. The molecule has 68 valence electrons. The predicted molar refractivity (Wildman–Crippen MR) is 54.0 cm³/mol. The Morgan fingerprint density at radius 3 is 2.38 bits per heavy atom. The van der Waals surface area contributed by atoms with Gasteiger partial charge in [0.1, 0.15) is 0 Å². The molecule has 3 heteroatoms. The maximum absolute atomic E-state index is 7.05. The summed E-state index contributed by atoms with van der Waals surface area (Å²) in [7, 11) is 0. The minimum Gasteiger partial charge on any atom is -0.370 e. The summed E-state index contributed by atoms with van der Waals surface area (Å²) in [5.74, 6) is 0.769. The van der Waals surface area contributed by atoms with E-state index in [1.807, 2.05) is 12.1 Å². The molecule has 2 rings (SSSR count). The van der Waals surface area contributed by atoms with Crippen LogP contribution in [0.25, 0.3) is 0 Å². The number of nitrogens with two attached hydrogens (primary N) is 1. The van der Waals surface area contributed by atoms with E-state index in [0.717, 1.165) is 11.6 Å². The zero-order valence-electron chi connectivity index (χ0n) is 7.38. The van der Waals surface area contributed by atoms with Gasteiger partial charge >= 0.3 is 0 Å². The van der Waals surface area contributed by atoms with Crippen LogP contribution in [0.4, 0.5) is 5.69 Å². The lowest BCUT2D eigenvalue weighted by molar-refractivity contribution is 1.13. The maximum atomic E-state index is 7.05. The number of anilines is 1. The summed E-state index contributed by atoms with van der Waals surface area (Å²) in [6, 6.07) is 8.13. The summed E-state index contributed by atoms with van der Waals surface area (Å²) >= 11 is 0. The van der Waals surface area contributed by atoms with Gasteiger partial charge in [-0.3, -0.25) is 5.41 Å². The van der Waals surface area contributed by atoms with Crippen molar-refractivity contribution in [2.75, 3.05) is 5.32 Å². The molecule has 0 spiro atoms. The summed E-state index contributed by atoms with van der Waals surface area (Å²) in [6.45, 7) is 0. The number of hydrogen-bond acceptors (Lipinski definition) is 1. The standard InChI is InChI=1S/C10H13N3/c11-10(12)13-9-5-3-8(4-6-9)7-1-2-7/h3-7H,1-2H2,(H4,11,12,13). The smallest absolute Gasteiger partial charge is 0.190 e. The van der Waals surface area contributed by atoms with Crippen molar-refractivity contribution < 1.29 is 0 Å². The summed E-state index contributed by atoms with van der Waals surface area (Å²) in [4.78, 5) is 0. The van der Waals surface area contributed by atoms with Crippen molar-refractivity contribution in [2.45, 2.75) is 18.8 Å². The molecule has 0 radical (unpaired) electrons. The number of hydrogen-bond donors (Lipinski definition) is 3. The summed E-state index contributed by atoms with van der Waals surface area (Å²) < 4.78 is 0. The fourth-order valence-electron chi connectivity index (χ4n) is 1.41. The molecule has 0 heterocycles. The number of benzene rings is 1. The Balaban J connectivity index is 2.08. The van der Waals surface area contributed by atoms with Crippen LogP contribution < -0.4 is 11.1 Å². The van der Waals surface area contributed by atoms with Gasteiger partial charge in [-0.2, -0.15) is 0 Å². The molecule has 1 saturated carbocycles. The Morgan fingerprint density at radius 1 is 1.31 bits per heavy atom. The molecule has 0 aromatic heterocycles. The van der Waals surface area contributed by atoms with Crippen molar-refractivity contribution in [3.8, 4) is 0 Å². The van der Waals surface area contributed by atoms with E-state index < -0.39 is 0 Å². The Hall–Kier alpha value is -1.51. The monoisotopic (exact) mass is 175 g/mol. The first kappa shape index (κ1) is 8.10. The first-order valence-electron chi connectivity index (χ1n) is 4.47. The first-order valence-corrected chi connectivity index (χ1v) is 4.47. The van der Waals surface area contributed by atoms with Gasteiger partial charge < -0.3 is 11.1 Å². The molecular formula is C10H13N3. The second-order valence-corrected chi connectivity index (χ2v) is 3.43. The summed E-state index contributed by atoms with van der Waals surface area (Å²) in [6.07, 6.45) is 2.64. The average molecular weight is 175 g/mol. The van der Waals surface area contributed by atoms with Crippen molar-refractivity contribution >= 4 is 11.6 Å². The molecular weight excluding hydrogens is 162 g/mol. The van der Waals surface area contributed by atoms with E-state index >= 15 is 0 Å². The lowest BCUT2D eigenvalue weighted by Crippen LogP contribution is -2.20. The third kappa shape index (κ3) is 1.99. The molecule has 1 aliphatic rings. The van der Waals surface area contributed by atoms with Gasteiger partial charge in [-0.15, -0.1) is 0 Å². The number of rotatable bonds is 2. The highest BCUT2D eigenvalue weighted by Gasteiger charge is 2.22. The summed E-state index contributed by atoms with van der Waals surface area (Å²) in [5.41, 5.74) is 7.49. The predicted octanol–water partition coefficient (Wildman–Crippen LogP) is 1.87. The molecule has 1 aliphatic carbocycles. The van der Waals surface area contributed by atoms with Crippen LogP contribution in [-0.2, 0) is 0 Å². The highest BCUT2D eigenvalue weighted by atomic mass is 15.0. The first-order chi connectivity index (χ1) is 6.25. The average Bonchev–Trinajstić information content (AvgIpc) is 2.87. The van der Waals surface area contributed by atoms with Crippen molar-refractivity contribution in [3.63, 3.8) is 0 Å². The number of guanidine groups is 1. The van der Waals surface area contributed by atoms with Crippen LogP contribution >= 0.6 is 0 Å². The largest absolute Gasteiger partial charge is 0.370 e. The van der Waals surface area contributed by atoms with Gasteiger partial charge in [0.15, 0.2) is 5.96 Å². The second kappa shape index (κ2) is 3.09. The zero-order valence-corrected chi connectivity index (χ0v) is 7.38. The molecule has 0 aliphatic heterocycles. The molecule has 1 aromatic carbocycles. The fraction of sp³-hybridized carbons (Fsp3) is 0.300. The van der Waals surface area contributed by atoms with Crippen molar-refractivity contribution in [1.29, 1.82) is 5.41 Å². The van der Waals surface area contributed by atoms with Gasteiger partial charge in [-0.25, -0.2) is 0 Å². The van der Waals surface area contributed by atoms with Crippen LogP contribution in [0.2, 0.25) is 0 Å². The molecule has 0 saturated heterocycles.